The highest BCUT2D eigenvalue weighted by Crippen LogP contribution is 2.33. The van der Waals surface area contributed by atoms with E-state index < -0.39 is 16.1 Å². The van der Waals surface area contributed by atoms with Gasteiger partial charge in [-0.15, -0.1) is 0 Å². The number of sulfonamides is 1. The second-order valence-electron chi connectivity index (χ2n) is 6.78. The van der Waals surface area contributed by atoms with Crippen LogP contribution >= 0.6 is 0 Å². The van der Waals surface area contributed by atoms with Crippen LogP contribution in [-0.2, 0) is 14.8 Å². The Labute approximate surface area is 167 Å². The topological polar surface area (TPSA) is 111 Å². The minimum absolute atomic E-state index is 0.0895. The predicted molar refractivity (Wildman–Crippen MR) is 107 cm³/mol. The van der Waals surface area contributed by atoms with Gasteiger partial charge in [-0.25, -0.2) is 8.42 Å². The first kappa shape index (κ1) is 22.4. The van der Waals surface area contributed by atoms with Crippen LogP contribution in [0.2, 0.25) is 0 Å². The predicted octanol–water partition coefficient (Wildman–Crippen LogP) is 1.49. The van der Waals surface area contributed by atoms with E-state index in [2.05, 4.69) is 5.32 Å². The maximum absolute atomic E-state index is 13.1. The molecule has 1 aliphatic rings. The van der Waals surface area contributed by atoms with Crippen LogP contribution in [-0.4, -0.2) is 58.5 Å². The number of hydrogen-bond donors (Lipinski definition) is 2. The van der Waals surface area contributed by atoms with Crippen molar-refractivity contribution in [1.29, 1.82) is 0 Å². The molecule has 0 aromatic heterocycles. The zero-order valence-corrected chi connectivity index (χ0v) is 17.5. The summed E-state index contributed by atoms with van der Waals surface area (Å²) in [6, 6.07) is 3.78. The Morgan fingerprint density at radius 3 is 2.57 bits per heavy atom. The highest BCUT2D eigenvalue weighted by atomic mass is 32.2. The highest BCUT2D eigenvalue weighted by molar-refractivity contribution is 7.89. The van der Waals surface area contributed by atoms with Crippen molar-refractivity contribution in [2.45, 2.75) is 49.5 Å². The Morgan fingerprint density at radius 1 is 1.18 bits per heavy atom. The van der Waals surface area contributed by atoms with Crippen molar-refractivity contribution in [1.82, 2.24) is 9.62 Å². The van der Waals surface area contributed by atoms with Gasteiger partial charge in [0, 0.05) is 19.2 Å². The molecule has 0 bridgehead atoms. The summed E-state index contributed by atoms with van der Waals surface area (Å²) in [6.45, 7) is 1.55. The van der Waals surface area contributed by atoms with Crippen LogP contribution in [0.4, 0.5) is 0 Å². The molecule has 1 aliphatic heterocycles. The number of amides is 1. The average molecular weight is 414 g/mol. The third kappa shape index (κ3) is 5.36. The largest absolute Gasteiger partial charge is 0.493 e. The van der Waals surface area contributed by atoms with Gasteiger partial charge >= 0.3 is 0 Å². The van der Waals surface area contributed by atoms with Crippen LogP contribution < -0.4 is 20.5 Å². The second-order valence-corrected chi connectivity index (χ2v) is 8.68. The molecule has 1 aromatic rings. The third-order valence-electron chi connectivity index (χ3n) is 4.90. The number of unbranched alkanes of at least 4 members (excludes halogenated alkanes) is 3. The Balaban J connectivity index is 2.05. The lowest BCUT2D eigenvalue weighted by Gasteiger charge is -2.24. The minimum atomic E-state index is -3.81. The van der Waals surface area contributed by atoms with Gasteiger partial charge < -0.3 is 20.5 Å². The summed E-state index contributed by atoms with van der Waals surface area (Å²) in [4.78, 5) is 12.7. The van der Waals surface area contributed by atoms with Crippen LogP contribution in [0, 0.1) is 0 Å². The van der Waals surface area contributed by atoms with Crippen molar-refractivity contribution in [3.8, 4) is 11.5 Å². The first-order valence-corrected chi connectivity index (χ1v) is 11.1. The van der Waals surface area contributed by atoms with Gasteiger partial charge in [0.2, 0.25) is 15.9 Å². The molecule has 8 nitrogen and oxygen atoms in total. The zero-order valence-electron chi connectivity index (χ0n) is 16.6. The Hall–Kier alpha value is -1.84. The Bertz CT molecular complexity index is 754. The van der Waals surface area contributed by atoms with E-state index in [0.717, 1.165) is 25.7 Å². The Morgan fingerprint density at radius 2 is 1.89 bits per heavy atom. The number of hydrogen-bond acceptors (Lipinski definition) is 6. The molecular weight excluding hydrogens is 382 g/mol. The maximum Gasteiger partial charge on any atom is 0.243 e. The molecule has 1 amide bonds. The summed E-state index contributed by atoms with van der Waals surface area (Å²) in [5, 5.41) is 2.87. The van der Waals surface area contributed by atoms with Gasteiger partial charge in [-0.3, -0.25) is 4.79 Å². The lowest BCUT2D eigenvalue weighted by atomic mass is 10.2. The zero-order chi connectivity index (χ0) is 20.6. The summed E-state index contributed by atoms with van der Waals surface area (Å²) in [7, 11) is -0.869. The fourth-order valence-electron chi connectivity index (χ4n) is 3.35. The summed E-state index contributed by atoms with van der Waals surface area (Å²) >= 11 is 0. The molecule has 0 aliphatic carbocycles. The molecule has 1 atom stereocenters. The molecule has 1 heterocycles. The van der Waals surface area contributed by atoms with Crippen LogP contribution in [0.3, 0.4) is 0 Å². The molecule has 0 radical (unpaired) electrons. The van der Waals surface area contributed by atoms with E-state index in [1.54, 1.807) is 6.07 Å². The molecule has 0 saturated carbocycles. The van der Waals surface area contributed by atoms with Crippen LogP contribution in [0.5, 0.6) is 11.5 Å². The van der Waals surface area contributed by atoms with Crippen LogP contribution in [0.15, 0.2) is 23.1 Å². The molecule has 9 heteroatoms. The molecule has 3 N–H and O–H groups in total. The van der Waals surface area contributed by atoms with E-state index in [9.17, 15) is 13.2 Å². The molecule has 1 fully saturated rings. The number of ether oxygens (including phenoxy) is 2. The van der Waals surface area contributed by atoms with Crippen molar-refractivity contribution >= 4 is 15.9 Å². The maximum atomic E-state index is 13.1. The summed E-state index contributed by atoms with van der Waals surface area (Å²) < 4.78 is 37.9. The quantitative estimate of drug-likeness (QED) is 0.532. The smallest absolute Gasteiger partial charge is 0.243 e. The van der Waals surface area contributed by atoms with Crippen molar-refractivity contribution in [2.75, 3.05) is 33.9 Å². The molecule has 1 saturated heterocycles. The van der Waals surface area contributed by atoms with Gasteiger partial charge in [-0.2, -0.15) is 4.31 Å². The monoisotopic (exact) mass is 413 g/mol. The normalized spacial score (nSPS) is 17.5. The number of carbonyl (C=O) groups is 1. The Kier molecular flexibility index (Phi) is 8.53. The van der Waals surface area contributed by atoms with Crippen LogP contribution in [0.25, 0.3) is 0 Å². The standard InChI is InChI=1S/C19H31N3O5S/c1-26-17-10-9-15(14-18(17)27-2)28(24,25)22-13-7-8-16(22)19(23)21-12-6-4-3-5-11-20/h9-10,14,16H,3-8,11-13,20H2,1-2H3,(H,21,23). The summed E-state index contributed by atoms with van der Waals surface area (Å²) in [5.41, 5.74) is 5.47. The second kappa shape index (κ2) is 10.6. The van der Waals surface area contributed by atoms with Crippen LogP contribution in [0.1, 0.15) is 38.5 Å². The number of methoxy groups -OCH3 is 2. The van der Waals surface area contributed by atoms with Gasteiger partial charge in [0.1, 0.15) is 6.04 Å². The van der Waals surface area contributed by atoms with Gasteiger partial charge in [0.25, 0.3) is 0 Å². The van der Waals surface area contributed by atoms with Gasteiger partial charge in [-0.05, 0) is 44.4 Å². The molecule has 158 valence electrons. The number of benzene rings is 1. The lowest BCUT2D eigenvalue weighted by molar-refractivity contribution is -0.124. The van der Waals surface area contributed by atoms with E-state index >= 15 is 0 Å². The molecule has 0 spiro atoms. The first-order chi connectivity index (χ1) is 13.5. The van der Waals surface area contributed by atoms with Crippen molar-refractivity contribution in [3.63, 3.8) is 0 Å². The van der Waals surface area contributed by atoms with E-state index in [1.165, 1.54) is 30.7 Å². The van der Waals surface area contributed by atoms with Gasteiger partial charge in [0.15, 0.2) is 11.5 Å². The van der Waals surface area contributed by atoms with E-state index in [1.807, 2.05) is 0 Å². The summed E-state index contributed by atoms with van der Waals surface area (Å²) in [6.07, 6.45) is 5.05. The molecule has 1 unspecified atom stereocenters. The number of rotatable bonds is 11. The minimum Gasteiger partial charge on any atom is -0.493 e. The van der Waals surface area contributed by atoms with E-state index in [-0.39, 0.29) is 10.8 Å². The van der Waals surface area contributed by atoms with E-state index in [4.69, 9.17) is 15.2 Å². The molecule has 2 rings (SSSR count). The summed E-state index contributed by atoms with van der Waals surface area (Å²) in [5.74, 6) is 0.549. The first-order valence-electron chi connectivity index (χ1n) is 9.67. The van der Waals surface area contributed by atoms with Gasteiger partial charge in [-0.1, -0.05) is 12.8 Å². The number of carbonyl (C=O) groups excluding carboxylic acids is 1. The highest BCUT2D eigenvalue weighted by Gasteiger charge is 2.39. The molecule has 28 heavy (non-hydrogen) atoms. The lowest BCUT2D eigenvalue weighted by Crippen LogP contribution is -2.46. The number of nitrogens with zero attached hydrogens (tertiary/aromatic N) is 1. The average Bonchev–Trinajstić information content (AvgIpc) is 3.20. The van der Waals surface area contributed by atoms with Gasteiger partial charge in [0.05, 0.1) is 19.1 Å². The number of nitrogens with one attached hydrogen (secondary N) is 1. The fraction of sp³-hybridized carbons (Fsp3) is 0.632. The molecular formula is C19H31N3O5S. The fourth-order valence-corrected chi connectivity index (χ4v) is 5.03. The van der Waals surface area contributed by atoms with Crippen molar-refractivity contribution in [2.24, 2.45) is 5.73 Å². The molecule has 1 aromatic carbocycles. The third-order valence-corrected chi connectivity index (χ3v) is 6.80. The van der Waals surface area contributed by atoms with Crippen molar-refractivity contribution in [3.05, 3.63) is 18.2 Å². The van der Waals surface area contributed by atoms with E-state index in [0.29, 0.717) is 44.0 Å². The van der Waals surface area contributed by atoms with Crippen molar-refractivity contribution < 1.29 is 22.7 Å². The SMILES string of the molecule is COc1ccc(S(=O)(=O)N2CCCC2C(=O)NCCCCCCN)cc1OC. The number of nitrogens with two attached hydrogens (primary N) is 1.